The molecule has 0 saturated heterocycles. The van der Waals surface area contributed by atoms with Crippen LogP contribution in [0.3, 0.4) is 0 Å². The number of hydrogen-bond acceptors (Lipinski definition) is 0. The van der Waals surface area contributed by atoms with Crippen LogP contribution in [0.25, 0.3) is 0 Å². The summed E-state index contributed by atoms with van der Waals surface area (Å²) in [5.74, 6) is -6.04. The van der Waals surface area contributed by atoms with Gasteiger partial charge in [-0.05, 0) is 12.2 Å². The molecule has 0 aliphatic rings. The van der Waals surface area contributed by atoms with Crippen molar-refractivity contribution in [2.45, 2.75) is 30.1 Å². The maximum absolute atomic E-state index is 12.7. The third kappa shape index (κ3) is 3.47. The molecule has 0 aromatic rings. The molecule has 0 aliphatic heterocycles. The molecule has 0 amide bonds. The van der Waals surface area contributed by atoms with E-state index in [2.05, 4.69) is 0 Å². The fourth-order valence-corrected chi connectivity index (χ4v) is 0.664. The van der Waals surface area contributed by atoms with E-state index in [-0.39, 0.29) is 0 Å². The van der Waals surface area contributed by atoms with Gasteiger partial charge in [0.2, 0.25) is 0 Å². The van der Waals surface area contributed by atoms with E-state index in [1.54, 1.807) is 0 Å². The molecule has 19 heavy (non-hydrogen) atoms. The largest absolute Gasteiger partial charge is 0.457 e. The highest BCUT2D eigenvalue weighted by Crippen LogP contribution is 2.48. The molecule has 0 N–H and O–H groups in total. The van der Waals surface area contributed by atoms with E-state index in [4.69, 9.17) is 0 Å². The van der Waals surface area contributed by atoms with Crippen LogP contribution in [0, 0.1) is 0 Å². The second kappa shape index (κ2) is 4.47. The van der Waals surface area contributed by atoms with Gasteiger partial charge in [-0.25, -0.2) is 4.39 Å². The number of hydrogen-bond donors (Lipinski definition) is 0. The Bertz CT molecular complexity index is 325. The smallest absolute Gasteiger partial charge is 0.219 e. The maximum Gasteiger partial charge on any atom is 0.457 e. The Morgan fingerprint density at radius 2 is 0.737 bits per heavy atom. The zero-order valence-corrected chi connectivity index (χ0v) is 8.19. The van der Waals surface area contributed by atoms with Crippen LogP contribution in [0.5, 0.6) is 0 Å². The third-order valence-electron chi connectivity index (χ3n) is 1.73. The molecule has 0 atom stereocenters. The second-order valence-corrected chi connectivity index (χ2v) is 3.16. The van der Waals surface area contributed by atoms with Gasteiger partial charge in [0, 0.05) is 0 Å². The van der Waals surface area contributed by atoms with Gasteiger partial charge >= 0.3 is 30.1 Å². The van der Waals surface area contributed by atoms with Crippen LogP contribution in [0.15, 0.2) is 12.2 Å². The summed E-state index contributed by atoms with van der Waals surface area (Å²) in [7, 11) is 0. The number of rotatable bonds is 2. The van der Waals surface area contributed by atoms with Gasteiger partial charge in [0.1, 0.15) is 0 Å². The molecular weight excluding hydrogens is 312 g/mol. The van der Waals surface area contributed by atoms with E-state index in [0.717, 1.165) is 0 Å². The molecule has 0 rings (SSSR count). The number of alkyl halides is 12. The Labute approximate surface area is 96.2 Å². The summed E-state index contributed by atoms with van der Waals surface area (Å²) in [6.45, 7) is 0. The Hall–Kier alpha value is -1.10. The van der Waals surface area contributed by atoms with Gasteiger partial charge in [-0.2, -0.15) is 48.3 Å². The van der Waals surface area contributed by atoms with Gasteiger partial charge in [0.15, 0.2) is 0 Å². The van der Waals surface area contributed by atoms with Crippen LogP contribution in [-0.4, -0.2) is 30.1 Å². The van der Waals surface area contributed by atoms with Gasteiger partial charge in [0.05, 0.1) is 0 Å². The second-order valence-electron chi connectivity index (χ2n) is 3.16. The van der Waals surface area contributed by atoms with E-state index in [1.165, 1.54) is 0 Å². The highest BCUT2D eigenvalue weighted by atomic mass is 19.4. The summed E-state index contributed by atoms with van der Waals surface area (Å²) in [4.78, 5) is 0. The van der Waals surface area contributed by atoms with E-state index in [0.29, 0.717) is 0 Å². The Morgan fingerprint density at radius 1 is 0.421 bits per heavy atom. The van der Waals surface area contributed by atoms with Crippen molar-refractivity contribution in [3.63, 3.8) is 0 Å². The van der Waals surface area contributed by atoms with Crippen molar-refractivity contribution in [1.29, 1.82) is 0 Å². The SMILES string of the molecule is FC(F)(F)C(F)(F)/C=C/C(F)(C(F)(F)F)C(F)(F)F. The van der Waals surface area contributed by atoms with Crippen molar-refractivity contribution in [2.24, 2.45) is 0 Å². The Kier molecular flexibility index (Phi) is 4.22. The molecule has 0 saturated carbocycles. The van der Waals surface area contributed by atoms with Gasteiger partial charge < -0.3 is 0 Å². The summed E-state index contributed by atoms with van der Waals surface area (Å²) in [6, 6.07) is 0. The number of allylic oxidation sites excluding steroid dienone is 2. The summed E-state index contributed by atoms with van der Waals surface area (Å²) >= 11 is 0. The Balaban J connectivity index is 5.65. The van der Waals surface area contributed by atoms with Crippen molar-refractivity contribution in [1.82, 2.24) is 0 Å². The quantitative estimate of drug-likeness (QED) is 0.517. The van der Waals surface area contributed by atoms with E-state index >= 15 is 0 Å². The predicted molar refractivity (Wildman–Crippen MR) is 36.1 cm³/mol. The lowest BCUT2D eigenvalue weighted by atomic mass is 10.0. The molecule has 0 aromatic carbocycles. The van der Waals surface area contributed by atoms with Crippen LogP contribution in [-0.2, 0) is 0 Å². The van der Waals surface area contributed by atoms with Crippen molar-refractivity contribution < 1.29 is 52.7 Å². The van der Waals surface area contributed by atoms with Crippen LogP contribution in [0.1, 0.15) is 0 Å². The van der Waals surface area contributed by atoms with E-state index in [9.17, 15) is 52.7 Å². The monoisotopic (exact) mass is 314 g/mol. The summed E-state index contributed by atoms with van der Waals surface area (Å²) < 4.78 is 142. The van der Waals surface area contributed by atoms with Gasteiger partial charge in [-0.3, -0.25) is 0 Å². The molecular formula is C7H2F12. The minimum Gasteiger partial charge on any atom is -0.219 e. The summed E-state index contributed by atoms with van der Waals surface area (Å²) in [5, 5.41) is 0. The molecule has 0 spiro atoms. The normalized spacial score (nSPS) is 16.2. The van der Waals surface area contributed by atoms with Crippen LogP contribution in [0.2, 0.25) is 0 Å². The maximum atomic E-state index is 12.7. The Morgan fingerprint density at radius 3 is 0.947 bits per heavy atom. The summed E-state index contributed by atoms with van der Waals surface area (Å²) in [6.07, 6.45) is -23.7. The van der Waals surface area contributed by atoms with Gasteiger partial charge in [-0.15, -0.1) is 0 Å². The first-order valence-corrected chi connectivity index (χ1v) is 3.93. The number of halogens is 12. The van der Waals surface area contributed by atoms with Crippen LogP contribution in [0.4, 0.5) is 52.7 Å². The van der Waals surface area contributed by atoms with Crippen molar-refractivity contribution in [3.05, 3.63) is 12.2 Å². The average molecular weight is 314 g/mol. The lowest BCUT2D eigenvalue weighted by molar-refractivity contribution is -0.323. The van der Waals surface area contributed by atoms with Crippen molar-refractivity contribution >= 4 is 0 Å². The molecule has 0 radical (unpaired) electrons. The fraction of sp³-hybridized carbons (Fsp3) is 0.714. The van der Waals surface area contributed by atoms with Crippen molar-refractivity contribution in [3.8, 4) is 0 Å². The molecule has 0 aliphatic carbocycles. The van der Waals surface area contributed by atoms with Gasteiger partial charge in [0.25, 0.3) is 0 Å². The van der Waals surface area contributed by atoms with E-state index in [1.807, 2.05) is 0 Å². The lowest BCUT2D eigenvalue weighted by Gasteiger charge is -2.27. The van der Waals surface area contributed by atoms with Crippen LogP contribution < -0.4 is 0 Å². The lowest BCUT2D eigenvalue weighted by Crippen LogP contribution is -2.52. The molecule has 12 heteroatoms. The first-order valence-electron chi connectivity index (χ1n) is 3.93. The summed E-state index contributed by atoms with van der Waals surface area (Å²) in [5.41, 5.74) is -6.31. The highest BCUT2D eigenvalue weighted by molar-refractivity contribution is 5.15. The predicted octanol–water partition coefficient (Wildman–Crippen LogP) is 4.57. The first kappa shape index (κ1) is 17.9. The highest BCUT2D eigenvalue weighted by Gasteiger charge is 2.71. The standard InChI is InChI=1S/C7H2F12/c8-3(5(11,12)13,6(14,15)16)1-2-4(9,10)7(17,18)19/h1-2H/b2-1+. The minimum atomic E-state index is -6.75. The van der Waals surface area contributed by atoms with E-state index < -0.39 is 42.3 Å². The molecule has 0 aromatic heterocycles. The molecule has 0 fully saturated rings. The molecule has 114 valence electrons. The first-order chi connectivity index (χ1) is 7.96. The topological polar surface area (TPSA) is 0 Å². The molecule has 0 unspecified atom stereocenters. The third-order valence-corrected chi connectivity index (χ3v) is 1.73. The molecule has 0 heterocycles. The zero-order chi connectivity index (χ0) is 15.9. The molecule has 0 nitrogen and oxygen atoms in total. The minimum absolute atomic E-state index is 1.83. The fourth-order valence-electron chi connectivity index (χ4n) is 0.664. The van der Waals surface area contributed by atoms with Crippen LogP contribution >= 0.6 is 0 Å². The zero-order valence-electron chi connectivity index (χ0n) is 8.19. The van der Waals surface area contributed by atoms with Crippen molar-refractivity contribution in [2.75, 3.05) is 0 Å². The average Bonchev–Trinajstić information content (AvgIpc) is 2.08. The molecule has 0 bridgehead atoms. The van der Waals surface area contributed by atoms with Gasteiger partial charge in [-0.1, -0.05) is 0 Å².